The van der Waals surface area contributed by atoms with Gasteiger partial charge in [-0.05, 0) is 18.6 Å². The number of hydrogen-bond acceptors (Lipinski definition) is 3. The minimum atomic E-state index is -0.712. The van der Waals surface area contributed by atoms with Crippen LogP contribution in [0.25, 0.3) is 0 Å². The molecule has 0 spiro atoms. The number of anilines is 1. The molecule has 3 nitrogen and oxygen atoms in total. The monoisotopic (exact) mass is 243 g/mol. The van der Waals surface area contributed by atoms with E-state index in [0.29, 0.717) is 17.0 Å². The van der Waals surface area contributed by atoms with Gasteiger partial charge in [-0.2, -0.15) is 0 Å². The van der Waals surface area contributed by atoms with E-state index < -0.39 is 6.10 Å². The molecule has 3 N–H and O–H groups in total. The minimum Gasteiger partial charge on any atom is -0.497 e. The van der Waals surface area contributed by atoms with Gasteiger partial charge >= 0.3 is 0 Å². The molecule has 2 rings (SSSR count). The van der Waals surface area contributed by atoms with Crippen molar-refractivity contribution in [2.45, 2.75) is 13.0 Å². The lowest BCUT2D eigenvalue weighted by Crippen LogP contribution is -2.04. The van der Waals surface area contributed by atoms with Crippen molar-refractivity contribution in [3.8, 4) is 5.75 Å². The second kappa shape index (κ2) is 5.10. The summed E-state index contributed by atoms with van der Waals surface area (Å²) in [5, 5.41) is 10.3. The molecule has 0 aliphatic rings. The van der Waals surface area contributed by atoms with Crippen LogP contribution in [-0.2, 0) is 0 Å². The highest BCUT2D eigenvalue weighted by Crippen LogP contribution is 2.29. The summed E-state index contributed by atoms with van der Waals surface area (Å²) in [4.78, 5) is 0. The highest BCUT2D eigenvalue weighted by molar-refractivity contribution is 5.54. The summed E-state index contributed by atoms with van der Waals surface area (Å²) < 4.78 is 5.09. The molecule has 0 heterocycles. The smallest absolute Gasteiger partial charge is 0.120 e. The largest absolute Gasteiger partial charge is 0.497 e. The van der Waals surface area contributed by atoms with E-state index in [-0.39, 0.29) is 0 Å². The number of aliphatic hydroxyl groups is 1. The topological polar surface area (TPSA) is 55.5 Å². The molecule has 0 radical (unpaired) electrons. The fourth-order valence-electron chi connectivity index (χ4n) is 1.86. The van der Waals surface area contributed by atoms with Crippen LogP contribution in [0.2, 0.25) is 0 Å². The first kappa shape index (κ1) is 12.5. The molecule has 0 aliphatic carbocycles. The normalized spacial score (nSPS) is 12.2. The molecular weight excluding hydrogens is 226 g/mol. The third-order valence-corrected chi connectivity index (χ3v) is 2.98. The van der Waals surface area contributed by atoms with Gasteiger partial charge in [0.15, 0.2) is 0 Å². The number of rotatable bonds is 3. The van der Waals surface area contributed by atoms with Gasteiger partial charge in [0.25, 0.3) is 0 Å². The molecule has 2 aromatic rings. The van der Waals surface area contributed by atoms with Crippen molar-refractivity contribution in [1.29, 1.82) is 0 Å². The van der Waals surface area contributed by atoms with E-state index in [1.165, 1.54) is 0 Å². The van der Waals surface area contributed by atoms with Gasteiger partial charge in [-0.3, -0.25) is 0 Å². The maximum Gasteiger partial charge on any atom is 0.120 e. The van der Waals surface area contributed by atoms with Crippen molar-refractivity contribution < 1.29 is 9.84 Å². The SMILES string of the molecule is COc1ccc(C(O)c2ccc(C)cc2)c(N)c1. The van der Waals surface area contributed by atoms with Gasteiger partial charge in [-0.1, -0.05) is 35.9 Å². The molecule has 0 saturated heterocycles. The van der Waals surface area contributed by atoms with Gasteiger partial charge in [0.05, 0.1) is 7.11 Å². The maximum atomic E-state index is 10.3. The molecular formula is C15H17NO2. The summed E-state index contributed by atoms with van der Waals surface area (Å²) in [6.45, 7) is 2.01. The molecule has 0 saturated carbocycles. The first-order chi connectivity index (χ1) is 8.61. The predicted octanol–water partition coefficient (Wildman–Crippen LogP) is 2.67. The molecule has 94 valence electrons. The Bertz CT molecular complexity index is 535. The van der Waals surface area contributed by atoms with Crippen LogP contribution in [0.5, 0.6) is 5.75 Å². The number of methoxy groups -OCH3 is 1. The molecule has 0 aliphatic heterocycles. The van der Waals surface area contributed by atoms with Gasteiger partial charge in [0, 0.05) is 17.3 Å². The van der Waals surface area contributed by atoms with Crippen LogP contribution >= 0.6 is 0 Å². The zero-order valence-corrected chi connectivity index (χ0v) is 10.6. The van der Waals surface area contributed by atoms with E-state index in [0.717, 1.165) is 11.1 Å². The summed E-state index contributed by atoms with van der Waals surface area (Å²) in [6.07, 6.45) is -0.712. The van der Waals surface area contributed by atoms with Crippen LogP contribution in [0.15, 0.2) is 42.5 Å². The Labute approximate surface area is 107 Å². The van der Waals surface area contributed by atoms with E-state index >= 15 is 0 Å². The number of benzene rings is 2. The summed E-state index contributed by atoms with van der Waals surface area (Å²) in [5.74, 6) is 0.687. The summed E-state index contributed by atoms with van der Waals surface area (Å²) in [6, 6.07) is 13.1. The van der Waals surface area contributed by atoms with Crippen LogP contribution in [0.1, 0.15) is 22.8 Å². The number of ether oxygens (including phenoxy) is 1. The Hall–Kier alpha value is -2.00. The lowest BCUT2D eigenvalue weighted by Gasteiger charge is -2.15. The number of aryl methyl sites for hydroxylation is 1. The molecule has 1 atom stereocenters. The van der Waals surface area contributed by atoms with Gasteiger partial charge < -0.3 is 15.6 Å². The highest BCUT2D eigenvalue weighted by Gasteiger charge is 2.13. The zero-order chi connectivity index (χ0) is 13.1. The Kier molecular flexibility index (Phi) is 3.53. The first-order valence-electron chi connectivity index (χ1n) is 5.80. The average Bonchev–Trinajstić information content (AvgIpc) is 2.38. The second-order valence-electron chi connectivity index (χ2n) is 4.31. The van der Waals surface area contributed by atoms with Gasteiger partial charge in [-0.15, -0.1) is 0 Å². The van der Waals surface area contributed by atoms with Gasteiger partial charge in [-0.25, -0.2) is 0 Å². The third kappa shape index (κ3) is 2.46. The minimum absolute atomic E-state index is 0.530. The second-order valence-corrected chi connectivity index (χ2v) is 4.31. The number of aliphatic hydroxyl groups excluding tert-OH is 1. The lowest BCUT2D eigenvalue weighted by molar-refractivity contribution is 0.221. The first-order valence-corrected chi connectivity index (χ1v) is 5.80. The molecule has 2 aromatic carbocycles. The van der Waals surface area contributed by atoms with E-state index in [1.807, 2.05) is 31.2 Å². The van der Waals surface area contributed by atoms with Crippen molar-refractivity contribution >= 4 is 5.69 Å². The number of nitrogens with two attached hydrogens (primary N) is 1. The fourth-order valence-corrected chi connectivity index (χ4v) is 1.86. The molecule has 0 bridgehead atoms. The Morgan fingerprint density at radius 1 is 1.11 bits per heavy atom. The van der Waals surface area contributed by atoms with E-state index in [2.05, 4.69) is 0 Å². The highest BCUT2D eigenvalue weighted by atomic mass is 16.5. The van der Waals surface area contributed by atoms with E-state index in [1.54, 1.807) is 25.3 Å². The fraction of sp³-hybridized carbons (Fsp3) is 0.200. The number of nitrogen functional groups attached to an aromatic ring is 1. The lowest BCUT2D eigenvalue weighted by atomic mass is 9.99. The Morgan fingerprint density at radius 3 is 2.33 bits per heavy atom. The molecule has 1 unspecified atom stereocenters. The van der Waals surface area contributed by atoms with Crippen molar-refractivity contribution in [2.24, 2.45) is 0 Å². The van der Waals surface area contributed by atoms with Crippen LogP contribution in [0.3, 0.4) is 0 Å². The van der Waals surface area contributed by atoms with Gasteiger partial charge in [0.2, 0.25) is 0 Å². The third-order valence-electron chi connectivity index (χ3n) is 2.98. The Balaban J connectivity index is 2.33. The summed E-state index contributed by atoms with van der Waals surface area (Å²) in [7, 11) is 1.59. The van der Waals surface area contributed by atoms with E-state index in [9.17, 15) is 5.11 Å². The standard InChI is InChI=1S/C15H17NO2/c1-10-3-5-11(6-4-10)15(17)13-8-7-12(18-2)9-14(13)16/h3-9,15,17H,16H2,1-2H3. The number of hydrogen-bond donors (Lipinski definition) is 2. The predicted molar refractivity (Wildman–Crippen MR) is 72.6 cm³/mol. The molecule has 3 heteroatoms. The maximum absolute atomic E-state index is 10.3. The summed E-state index contributed by atoms with van der Waals surface area (Å²) >= 11 is 0. The molecule has 0 amide bonds. The average molecular weight is 243 g/mol. The summed E-state index contributed by atoms with van der Waals surface area (Å²) in [5.41, 5.74) is 9.14. The van der Waals surface area contributed by atoms with Crippen molar-refractivity contribution in [3.63, 3.8) is 0 Å². The van der Waals surface area contributed by atoms with Crippen molar-refractivity contribution in [3.05, 3.63) is 59.2 Å². The van der Waals surface area contributed by atoms with Crippen LogP contribution in [-0.4, -0.2) is 12.2 Å². The van der Waals surface area contributed by atoms with Crippen LogP contribution < -0.4 is 10.5 Å². The van der Waals surface area contributed by atoms with Gasteiger partial charge in [0.1, 0.15) is 11.9 Å². The quantitative estimate of drug-likeness (QED) is 0.815. The van der Waals surface area contributed by atoms with Crippen molar-refractivity contribution in [2.75, 3.05) is 12.8 Å². The Morgan fingerprint density at radius 2 is 1.78 bits per heavy atom. The molecule has 0 fully saturated rings. The molecule has 0 aromatic heterocycles. The van der Waals surface area contributed by atoms with Crippen LogP contribution in [0.4, 0.5) is 5.69 Å². The molecule has 18 heavy (non-hydrogen) atoms. The zero-order valence-electron chi connectivity index (χ0n) is 10.6. The van der Waals surface area contributed by atoms with Crippen LogP contribution in [0, 0.1) is 6.92 Å². The van der Waals surface area contributed by atoms with E-state index in [4.69, 9.17) is 10.5 Å². The van der Waals surface area contributed by atoms with Crippen molar-refractivity contribution in [1.82, 2.24) is 0 Å².